The average Bonchev–Trinajstić information content (AvgIpc) is 3.23. The first-order valence-corrected chi connectivity index (χ1v) is 8.79. The van der Waals surface area contributed by atoms with Crippen LogP contribution >= 0.6 is 0 Å². The summed E-state index contributed by atoms with van der Waals surface area (Å²) < 4.78 is 6.73. The molecular weight excluding hydrogens is 332 g/mol. The Hall–Kier alpha value is -2.67. The maximum absolute atomic E-state index is 12.9. The summed E-state index contributed by atoms with van der Waals surface area (Å²) >= 11 is 0. The van der Waals surface area contributed by atoms with E-state index in [4.69, 9.17) is 4.74 Å². The van der Waals surface area contributed by atoms with Crippen molar-refractivity contribution < 1.29 is 14.3 Å². The van der Waals surface area contributed by atoms with Crippen molar-refractivity contribution in [1.82, 2.24) is 20.0 Å². The first-order chi connectivity index (χ1) is 12.7. The number of nitrogens with zero attached hydrogens (tertiary/aromatic N) is 3. The Morgan fingerprint density at radius 1 is 1.19 bits per heavy atom. The van der Waals surface area contributed by atoms with Crippen LogP contribution in [0.5, 0.6) is 0 Å². The predicted molar refractivity (Wildman–Crippen MR) is 96.7 cm³/mol. The minimum atomic E-state index is -0.773. The molecule has 1 aliphatic rings. The molecule has 1 aliphatic heterocycles. The number of amides is 2. The Kier molecular flexibility index (Phi) is 5.68. The number of hydrogen-bond donors (Lipinski definition) is 1. The second-order valence-corrected chi connectivity index (χ2v) is 6.39. The topological polar surface area (TPSA) is 76.5 Å². The molecule has 2 aromatic rings. The third kappa shape index (κ3) is 3.62. The number of piperidine rings is 1. The highest BCUT2D eigenvalue weighted by Gasteiger charge is 2.44. The number of ether oxygens (including phenoxy) is 1. The molecule has 1 saturated heterocycles. The van der Waals surface area contributed by atoms with Gasteiger partial charge in [0.2, 0.25) is 5.91 Å². The van der Waals surface area contributed by atoms with Gasteiger partial charge >= 0.3 is 0 Å². The molecule has 1 aromatic carbocycles. The highest BCUT2D eigenvalue weighted by Crippen LogP contribution is 2.30. The van der Waals surface area contributed by atoms with E-state index in [9.17, 15) is 9.59 Å². The van der Waals surface area contributed by atoms with Crippen LogP contribution in [0.15, 0.2) is 48.8 Å². The summed E-state index contributed by atoms with van der Waals surface area (Å²) in [5, 5.41) is 7.24. The lowest BCUT2D eigenvalue weighted by Crippen LogP contribution is -2.56. The molecule has 0 unspecified atom stereocenters. The molecule has 0 bridgehead atoms. The number of hydrogen-bond acceptors (Lipinski definition) is 4. The van der Waals surface area contributed by atoms with Crippen LogP contribution in [0.1, 0.15) is 23.2 Å². The van der Waals surface area contributed by atoms with Gasteiger partial charge in [-0.15, -0.1) is 0 Å². The molecule has 26 heavy (non-hydrogen) atoms. The number of methoxy groups -OCH3 is 1. The predicted octanol–water partition coefficient (Wildman–Crippen LogP) is 1.28. The molecule has 2 amide bonds. The lowest BCUT2D eigenvalue weighted by atomic mass is 9.86. The molecule has 7 nitrogen and oxygen atoms in total. The van der Waals surface area contributed by atoms with Crippen LogP contribution in [0.3, 0.4) is 0 Å². The quantitative estimate of drug-likeness (QED) is 0.791. The van der Waals surface area contributed by atoms with E-state index < -0.39 is 5.54 Å². The minimum absolute atomic E-state index is 0.000503. The van der Waals surface area contributed by atoms with E-state index >= 15 is 0 Å². The molecule has 1 N–H and O–H groups in total. The van der Waals surface area contributed by atoms with Crippen molar-refractivity contribution in [2.75, 3.05) is 33.4 Å². The second kappa shape index (κ2) is 8.14. The number of benzene rings is 1. The SMILES string of the molecule is COCCNC(=O)C1(n2cccn2)CCN(C(=O)c2ccccc2)CC1. The van der Waals surface area contributed by atoms with E-state index in [1.165, 1.54) is 0 Å². The van der Waals surface area contributed by atoms with Gasteiger partial charge in [-0.05, 0) is 31.0 Å². The second-order valence-electron chi connectivity index (χ2n) is 6.39. The van der Waals surface area contributed by atoms with Crippen LogP contribution < -0.4 is 5.32 Å². The zero-order valence-electron chi connectivity index (χ0n) is 14.9. The fourth-order valence-corrected chi connectivity index (χ4v) is 3.36. The number of likely N-dealkylation sites (tertiary alicyclic amines) is 1. The molecule has 7 heteroatoms. The number of rotatable bonds is 6. The van der Waals surface area contributed by atoms with Crippen LogP contribution in [0.25, 0.3) is 0 Å². The Morgan fingerprint density at radius 3 is 2.54 bits per heavy atom. The van der Waals surface area contributed by atoms with Gasteiger partial charge in [-0.3, -0.25) is 14.3 Å². The monoisotopic (exact) mass is 356 g/mol. The smallest absolute Gasteiger partial charge is 0.253 e. The van der Waals surface area contributed by atoms with E-state index in [0.29, 0.717) is 44.6 Å². The van der Waals surface area contributed by atoms with Gasteiger partial charge in [0.1, 0.15) is 5.54 Å². The summed E-state index contributed by atoms with van der Waals surface area (Å²) in [6.07, 6.45) is 4.52. The molecule has 1 aromatic heterocycles. The normalized spacial score (nSPS) is 16.3. The van der Waals surface area contributed by atoms with Crippen LogP contribution in [-0.4, -0.2) is 59.8 Å². The molecule has 138 valence electrons. The molecular formula is C19H24N4O3. The number of carbonyl (C=O) groups excluding carboxylic acids is 2. The lowest BCUT2D eigenvalue weighted by Gasteiger charge is -2.40. The Bertz CT molecular complexity index is 723. The third-order valence-corrected chi connectivity index (χ3v) is 4.86. The Balaban J connectivity index is 1.73. The van der Waals surface area contributed by atoms with Gasteiger partial charge in [0.15, 0.2) is 0 Å². The van der Waals surface area contributed by atoms with Crippen LogP contribution in [0, 0.1) is 0 Å². The maximum atomic E-state index is 12.9. The van der Waals surface area contributed by atoms with Crippen molar-refractivity contribution in [2.24, 2.45) is 0 Å². The molecule has 0 atom stereocenters. The van der Waals surface area contributed by atoms with Crippen molar-refractivity contribution in [2.45, 2.75) is 18.4 Å². The highest BCUT2D eigenvalue weighted by atomic mass is 16.5. The number of aromatic nitrogens is 2. The summed E-state index contributed by atoms with van der Waals surface area (Å²) in [6, 6.07) is 11.0. The van der Waals surface area contributed by atoms with Crippen LogP contribution in [0.2, 0.25) is 0 Å². The van der Waals surface area contributed by atoms with Gasteiger partial charge in [0.05, 0.1) is 6.61 Å². The van der Waals surface area contributed by atoms with Gasteiger partial charge in [-0.1, -0.05) is 18.2 Å². The standard InChI is InChI=1S/C19H24N4O3/c1-26-15-11-20-18(25)19(23-12-5-10-21-23)8-13-22(14-9-19)17(24)16-6-3-2-4-7-16/h2-7,10,12H,8-9,11,13-15H2,1H3,(H,20,25). The van der Waals surface area contributed by atoms with Crippen molar-refractivity contribution in [3.63, 3.8) is 0 Å². The first kappa shape index (κ1) is 18.1. The number of carbonyl (C=O) groups is 2. The van der Waals surface area contributed by atoms with E-state index in [0.717, 1.165) is 0 Å². The van der Waals surface area contributed by atoms with E-state index in [2.05, 4.69) is 10.4 Å². The summed E-state index contributed by atoms with van der Waals surface area (Å²) in [5.74, 6) is -0.0792. The van der Waals surface area contributed by atoms with Gasteiger partial charge in [0.25, 0.3) is 5.91 Å². The molecule has 0 aliphatic carbocycles. The molecule has 0 spiro atoms. The Morgan fingerprint density at radius 2 is 1.92 bits per heavy atom. The zero-order valence-corrected chi connectivity index (χ0v) is 14.9. The van der Waals surface area contributed by atoms with Gasteiger partial charge < -0.3 is 15.0 Å². The van der Waals surface area contributed by atoms with Gasteiger partial charge in [0, 0.05) is 44.7 Å². The largest absolute Gasteiger partial charge is 0.383 e. The summed E-state index contributed by atoms with van der Waals surface area (Å²) in [6.45, 7) is 1.92. The van der Waals surface area contributed by atoms with Crippen LogP contribution in [-0.2, 0) is 15.1 Å². The summed E-state index contributed by atoms with van der Waals surface area (Å²) in [4.78, 5) is 27.4. The Labute approximate surface area is 152 Å². The van der Waals surface area contributed by atoms with Crippen molar-refractivity contribution in [3.05, 3.63) is 54.4 Å². The highest BCUT2D eigenvalue weighted by molar-refractivity contribution is 5.94. The maximum Gasteiger partial charge on any atom is 0.253 e. The average molecular weight is 356 g/mol. The van der Waals surface area contributed by atoms with E-state index in [-0.39, 0.29) is 11.8 Å². The first-order valence-electron chi connectivity index (χ1n) is 8.79. The molecule has 0 radical (unpaired) electrons. The number of nitrogens with one attached hydrogen (secondary N) is 1. The van der Waals surface area contributed by atoms with Crippen LogP contribution in [0.4, 0.5) is 0 Å². The van der Waals surface area contributed by atoms with Gasteiger partial charge in [-0.2, -0.15) is 5.10 Å². The van der Waals surface area contributed by atoms with E-state index in [1.54, 1.807) is 22.9 Å². The molecule has 1 fully saturated rings. The van der Waals surface area contributed by atoms with Crippen molar-refractivity contribution in [1.29, 1.82) is 0 Å². The fraction of sp³-hybridized carbons (Fsp3) is 0.421. The molecule has 3 rings (SSSR count). The van der Waals surface area contributed by atoms with Crippen molar-refractivity contribution in [3.8, 4) is 0 Å². The van der Waals surface area contributed by atoms with E-state index in [1.807, 2.05) is 42.6 Å². The van der Waals surface area contributed by atoms with Crippen molar-refractivity contribution >= 4 is 11.8 Å². The summed E-state index contributed by atoms with van der Waals surface area (Å²) in [5.41, 5.74) is -0.103. The fourth-order valence-electron chi connectivity index (χ4n) is 3.36. The summed E-state index contributed by atoms with van der Waals surface area (Å²) in [7, 11) is 1.60. The molecule has 0 saturated carbocycles. The third-order valence-electron chi connectivity index (χ3n) is 4.86. The molecule has 2 heterocycles. The minimum Gasteiger partial charge on any atom is -0.383 e. The lowest BCUT2D eigenvalue weighted by molar-refractivity contribution is -0.133. The van der Waals surface area contributed by atoms with Gasteiger partial charge in [-0.25, -0.2) is 0 Å². The zero-order chi connectivity index (χ0) is 18.4.